The first-order valence-corrected chi connectivity index (χ1v) is 12.4. The molecule has 190 valence electrons. The fraction of sp³-hybridized carbons (Fsp3) is 0.207. The van der Waals surface area contributed by atoms with Gasteiger partial charge in [-0.25, -0.2) is 9.97 Å². The number of aromatic amines is 1. The average molecular weight is 507 g/mol. The number of nitrogens with zero attached hydrogens (tertiary/aromatic N) is 4. The Morgan fingerprint density at radius 3 is 2.61 bits per heavy atom. The molecule has 1 unspecified atom stereocenters. The molecule has 3 heterocycles. The summed E-state index contributed by atoms with van der Waals surface area (Å²) in [6, 6.07) is 18.1. The number of carbonyl (C=O) groups excluding carboxylic acids is 2. The molecule has 1 fully saturated rings. The molecule has 0 bridgehead atoms. The van der Waals surface area contributed by atoms with Crippen molar-refractivity contribution in [3.8, 4) is 17.6 Å². The van der Waals surface area contributed by atoms with Crippen molar-refractivity contribution in [2.45, 2.75) is 25.3 Å². The van der Waals surface area contributed by atoms with Crippen molar-refractivity contribution in [1.82, 2.24) is 19.9 Å². The van der Waals surface area contributed by atoms with Crippen LogP contribution in [-0.4, -0.2) is 50.7 Å². The van der Waals surface area contributed by atoms with Crippen molar-refractivity contribution >= 4 is 28.5 Å². The van der Waals surface area contributed by atoms with Crippen LogP contribution in [0, 0.1) is 11.3 Å². The molecule has 1 aliphatic rings. The molecule has 38 heavy (non-hydrogen) atoms. The molecule has 2 aromatic heterocycles. The van der Waals surface area contributed by atoms with E-state index in [1.54, 1.807) is 35.4 Å². The van der Waals surface area contributed by atoms with E-state index in [0.29, 0.717) is 52.6 Å². The van der Waals surface area contributed by atoms with Crippen LogP contribution in [0.15, 0.2) is 79.3 Å². The molecule has 0 radical (unpaired) electrons. The van der Waals surface area contributed by atoms with Gasteiger partial charge in [0.2, 0.25) is 0 Å². The molecular formula is C29H26N6O3. The van der Waals surface area contributed by atoms with Gasteiger partial charge in [-0.15, -0.1) is 0 Å². The van der Waals surface area contributed by atoms with Gasteiger partial charge in [-0.2, -0.15) is 5.26 Å². The third-order valence-electron chi connectivity index (χ3n) is 6.50. The number of aromatic nitrogens is 3. The molecular weight excluding hydrogens is 480 g/mol. The minimum absolute atomic E-state index is 0.0752. The van der Waals surface area contributed by atoms with Crippen LogP contribution < -0.4 is 10.1 Å². The third kappa shape index (κ3) is 5.25. The monoisotopic (exact) mass is 506 g/mol. The number of nitriles is 1. The van der Waals surface area contributed by atoms with Gasteiger partial charge in [-0.1, -0.05) is 24.8 Å². The van der Waals surface area contributed by atoms with E-state index in [-0.39, 0.29) is 23.3 Å². The number of fused-ring (bicyclic) bond motifs is 1. The lowest BCUT2D eigenvalue weighted by Gasteiger charge is -2.25. The van der Waals surface area contributed by atoms with Crippen molar-refractivity contribution < 1.29 is 14.3 Å². The maximum absolute atomic E-state index is 13.5. The van der Waals surface area contributed by atoms with Crippen LogP contribution in [0.4, 0.5) is 5.82 Å². The molecule has 9 nitrogen and oxygen atoms in total. The maximum Gasteiger partial charge on any atom is 0.263 e. The van der Waals surface area contributed by atoms with E-state index in [1.165, 1.54) is 6.33 Å². The van der Waals surface area contributed by atoms with Crippen LogP contribution in [-0.2, 0) is 4.79 Å². The minimum atomic E-state index is -0.355. The lowest BCUT2D eigenvalue weighted by atomic mass is 10.0. The number of amides is 1. The van der Waals surface area contributed by atoms with Crippen molar-refractivity contribution in [2.75, 3.05) is 18.4 Å². The molecule has 5 rings (SSSR count). The number of anilines is 1. The molecule has 9 heteroatoms. The molecule has 1 aliphatic heterocycles. The highest BCUT2D eigenvalue weighted by Crippen LogP contribution is 2.28. The van der Waals surface area contributed by atoms with Gasteiger partial charge in [0.05, 0.1) is 10.9 Å². The number of ketones is 1. The highest BCUT2D eigenvalue weighted by Gasteiger charge is 2.25. The first kappa shape index (κ1) is 24.7. The summed E-state index contributed by atoms with van der Waals surface area (Å²) in [5.41, 5.74) is 1.41. The third-order valence-corrected chi connectivity index (χ3v) is 6.50. The van der Waals surface area contributed by atoms with Crippen LogP contribution in [0.1, 0.15) is 35.2 Å². The average Bonchev–Trinajstić information content (AvgIpc) is 3.26. The number of carbonyl (C=O) groups is 2. The van der Waals surface area contributed by atoms with Gasteiger partial charge in [0.15, 0.2) is 5.78 Å². The number of ether oxygens (including phenoxy) is 1. The SMILES string of the molecule is C=C(C#N)C(=O)N1CCCCC(Nc2ncnc3[nH]cc(C(=O)c4ccc(Oc5ccccc5)cc4)c23)C1. The first-order chi connectivity index (χ1) is 18.5. The Morgan fingerprint density at radius 2 is 1.84 bits per heavy atom. The summed E-state index contributed by atoms with van der Waals surface area (Å²) in [6.45, 7) is 4.53. The van der Waals surface area contributed by atoms with Gasteiger partial charge < -0.3 is 19.9 Å². The predicted molar refractivity (Wildman–Crippen MR) is 143 cm³/mol. The number of nitrogens with one attached hydrogen (secondary N) is 2. The summed E-state index contributed by atoms with van der Waals surface area (Å²) < 4.78 is 5.84. The Balaban J connectivity index is 1.37. The number of likely N-dealkylation sites (tertiary alicyclic amines) is 1. The maximum atomic E-state index is 13.5. The Labute approximate surface area is 219 Å². The lowest BCUT2D eigenvalue weighted by Crippen LogP contribution is -2.39. The second-order valence-corrected chi connectivity index (χ2v) is 9.10. The van der Waals surface area contributed by atoms with Crippen LogP contribution in [0.2, 0.25) is 0 Å². The van der Waals surface area contributed by atoms with E-state index in [9.17, 15) is 9.59 Å². The molecule has 2 N–H and O–H groups in total. The van der Waals surface area contributed by atoms with Gasteiger partial charge in [0, 0.05) is 30.9 Å². The van der Waals surface area contributed by atoms with E-state index in [4.69, 9.17) is 10.00 Å². The molecule has 1 saturated heterocycles. The summed E-state index contributed by atoms with van der Waals surface area (Å²) in [7, 11) is 0. The Kier molecular flexibility index (Phi) is 7.13. The summed E-state index contributed by atoms with van der Waals surface area (Å²) in [4.78, 5) is 39.5. The molecule has 4 aromatic rings. The predicted octanol–water partition coefficient (Wildman–Crippen LogP) is 4.85. The number of rotatable bonds is 7. The smallest absolute Gasteiger partial charge is 0.263 e. The van der Waals surface area contributed by atoms with Crippen molar-refractivity contribution in [1.29, 1.82) is 5.26 Å². The van der Waals surface area contributed by atoms with Gasteiger partial charge in [-0.05, 0) is 55.7 Å². The minimum Gasteiger partial charge on any atom is -0.457 e. The highest BCUT2D eigenvalue weighted by atomic mass is 16.5. The van der Waals surface area contributed by atoms with Crippen molar-refractivity contribution in [3.05, 3.63) is 90.4 Å². The standard InChI is InChI=1S/C29H26N6O3/c1-19(15-30)29(37)35-14-6-5-7-21(17-35)34-28-25-24(16-31-27(25)32-18-33-28)26(36)20-10-12-23(13-11-20)38-22-8-3-2-4-9-22/h2-4,8-13,16,18,21H,1,5-7,14,17H2,(H2,31,32,33,34). The quantitative estimate of drug-likeness (QED) is 0.208. The molecule has 0 spiro atoms. The summed E-state index contributed by atoms with van der Waals surface area (Å²) in [5.74, 6) is 1.33. The Bertz CT molecular complexity index is 1520. The largest absolute Gasteiger partial charge is 0.457 e. The molecule has 1 amide bonds. The topological polar surface area (TPSA) is 124 Å². The summed E-state index contributed by atoms with van der Waals surface area (Å²) >= 11 is 0. The first-order valence-electron chi connectivity index (χ1n) is 12.4. The fourth-order valence-electron chi connectivity index (χ4n) is 4.58. The number of hydrogen-bond acceptors (Lipinski definition) is 7. The number of hydrogen-bond donors (Lipinski definition) is 2. The van der Waals surface area contributed by atoms with E-state index in [0.717, 1.165) is 19.3 Å². The van der Waals surface area contributed by atoms with Crippen LogP contribution in [0.25, 0.3) is 11.0 Å². The van der Waals surface area contributed by atoms with Gasteiger partial charge in [-0.3, -0.25) is 9.59 Å². The van der Waals surface area contributed by atoms with E-state index in [2.05, 4.69) is 26.8 Å². The Morgan fingerprint density at radius 1 is 1.08 bits per heavy atom. The van der Waals surface area contributed by atoms with Gasteiger partial charge in [0.1, 0.15) is 40.9 Å². The van der Waals surface area contributed by atoms with Crippen LogP contribution in [0.3, 0.4) is 0 Å². The summed E-state index contributed by atoms with van der Waals surface area (Å²) in [5, 5.41) is 13.1. The highest BCUT2D eigenvalue weighted by molar-refractivity contribution is 6.18. The van der Waals surface area contributed by atoms with Crippen molar-refractivity contribution in [3.63, 3.8) is 0 Å². The van der Waals surface area contributed by atoms with Gasteiger partial charge in [0.25, 0.3) is 5.91 Å². The zero-order chi connectivity index (χ0) is 26.5. The zero-order valence-electron chi connectivity index (χ0n) is 20.7. The number of H-pyrrole nitrogens is 1. The molecule has 2 aromatic carbocycles. The lowest BCUT2D eigenvalue weighted by molar-refractivity contribution is -0.126. The number of para-hydroxylation sites is 1. The molecule has 0 saturated carbocycles. The van der Waals surface area contributed by atoms with E-state index in [1.807, 2.05) is 36.4 Å². The van der Waals surface area contributed by atoms with E-state index >= 15 is 0 Å². The summed E-state index contributed by atoms with van der Waals surface area (Å²) in [6.07, 6.45) is 5.62. The molecule has 0 aliphatic carbocycles. The zero-order valence-corrected chi connectivity index (χ0v) is 20.7. The van der Waals surface area contributed by atoms with Crippen molar-refractivity contribution in [2.24, 2.45) is 0 Å². The second kappa shape index (κ2) is 11.0. The normalized spacial score (nSPS) is 15.3. The van der Waals surface area contributed by atoms with Crippen LogP contribution >= 0.6 is 0 Å². The number of benzene rings is 2. The van der Waals surface area contributed by atoms with E-state index < -0.39 is 0 Å². The second-order valence-electron chi connectivity index (χ2n) is 9.10. The van der Waals surface area contributed by atoms with Crippen LogP contribution in [0.5, 0.6) is 11.5 Å². The fourth-order valence-corrected chi connectivity index (χ4v) is 4.58. The molecule has 1 atom stereocenters. The van der Waals surface area contributed by atoms with Gasteiger partial charge >= 0.3 is 0 Å². The Hall–Kier alpha value is -4.97.